The van der Waals surface area contributed by atoms with E-state index < -0.39 is 22.8 Å². The summed E-state index contributed by atoms with van der Waals surface area (Å²) in [7, 11) is 0. The van der Waals surface area contributed by atoms with Crippen molar-refractivity contribution in [2.75, 3.05) is 0 Å². The van der Waals surface area contributed by atoms with Crippen molar-refractivity contribution in [3.8, 4) is 0 Å². The number of benzene rings is 2. The van der Waals surface area contributed by atoms with Gasteiger partial charge in [-0.05, 0) is 32.0 Å². The maximum absolute atomic E-state index is 13.8. The largest absolute Gasteiger partial charge is 0.481 e. The van der Waals surface area contributed by atoms with Crippen LogP contribution in [0.2, 0.25) is 0 Å². The van der Waals surface area contributed by atoms with E-state index in [2.05, 4.69) is 20.2 Å². The summed E-state index contributed by atoms with van der Waals surface area (Å²) in [6.45, 7) is 3.01. The molecule has 7 nitrogen and oxygen atoms in total. The zero-order valence-corrected chi connectivity index (χ0v) is 13.3. The normalized spacial score (nSPS) is 12.3. The highest BCUT2D eigenvalue weighted by atomic mass is 19.1. The first-order valence-electron chi connectivity index (χ1n) is 7.53. The summed E-state index contributed by atoms with van der Waals surface area (Å²) >= 11 is 0. The van der Waals surface area contributed by atoms with Crippen molar-refractivity contribution in [2.45, 2.75) is 19.3 Å². The van der Waals surface area contributed by atoms with Crippen LogP contribution < -0.4 is 5.56 Å². The van der Waals surface area contributed by atoms with Crippen molar-refractivity contribution in [3.05, 3.63) is 46.4 Å². The number of carboxylic acid groups (broad SMARTS) is 1. The van der Waals surface area contributed by atoms with Gasteiger partial charge in [0.1, 0.15) is 22.6 Å². The fraction of sp³-hybridized carbons (Fsp3) is 0.176. The molecule has 25 heavy (non-hydrogen) atoms. The highest BCUT2D eigenvalue weighted by molar-refractivity contribution is 6.22. The number of hydrogen-bond donors (Lipinski definition) is 3. The molecule has 0 aliphatic carbocycles. The maximum atomic E-state index is 13.8. The minimum atomic E-state index is -1.30. The summed E-state index contributed by atoms with van der Waals surface area (Å²) < 4.78 is 13.8. The number of carboxylic acids is 1. The van der Waals surface area contributed by atoms with Crippen molar-refractivity contribution in [1.82, 2.24) is 20.2 Å². The maximum Gasteiger partial charge on any atom is 0.316 e. The molecule has 0 aliphatic heterocycles. The number of nitrogens with one attached hydrogen (secondary N) is 2. The number of fused-ring (bicyclic) bond motifs is 6. The molecule has 4 aromatic rings. The number of carbonyl (C=O) groups is 1. The highest BCUT2D eigenvalue weighted by Gasteiger charge is 2.34. The van der Waals surface area contributed by atoms with Crippen LogP contribution >= 0.6 is 0 Å². The molecule has 0 aliphatic rings. The average molecular weight is 340 g/mol. The molecule has 0 radical (unpaired) electrons. The predicted molar refractivity (Wildman–Crippen MR) is 90.1 cm³/mol. The van der Waals surface area contributed by atoms with Gasteiger partial charge in [0, 0.05) is 22.4 Å². The summed E-state index contributed by atoms with van der Waals surface area (Å²) in [5, 5.41) is 16.2. The molecule has 0 fully saturated rings. The number of imidazole rings is 1. The Bertz CT molecular complexity index is 1240. The second-order valence-corrected chi connectivity index (χ2v) is 6.40. The number of H-pyrrole nitrogens is 2. The molecule has 2 aromatic carbocycles. The minimum absolute atomic E-state index is 0.133. The second-order valence-electron chi connectivity index (χ2n) is 6.40. The second kappa shape index (κ2) is 4.85. The molecule has 3 N–H and O–H groups in total. The Morgan fingerprint density at radius 3 is 2.52 bits per heavy atom. The molecular weight excluding hydrogens is 327 g/mol. The van der Waals surface area contributed by atoms with Crippen LogP contribution in [-0.2, 0) is 10.2 Å². The first kappa shape index (κ1) is 15.3. The van der Waals surface area contributed by atoms with Gasteiger partial charge in [-0.2, -0.15) is 0 Å². The number of rotatable bonds is 2. The molecule has 4 rings (SSSR count). The fourth-order valence-electron chi connectivity index (χ4n) is 2.91. The quantitative estimate of drug-likeness (QED) is 0.485. The summed E-state index contributed by atoms with van der Waals surface area (Å²) in [4.78, 5) is 32.6. The lowest BCUT2D eigenvalue weighted by Gasteiger charge is -2.14. The molecule has 0 saturated carbocycles. The third kappa shape index (κ3) is 2.03. The number of halogens is 1. The monoisotopic (exact) mass is 340 g/mol. The number of aliphatic carboxylic acids is 1. The molecule has 0 amide bonds. The topological polar surface area (TPSA) is 112 Å². The van der Waals surface area contributed by atoms with Crippen LogP contribution in [0.15, 0.2) is 29.2 Å². The summed E-state index contributed by atoms with van der Waals surface area (Å²) in [6, 6.07) is 4.06. The van der Waals surface area contributed by atoms with E-state index in [1.165, 1.54) is 38.2 Å². The van der Waals surface area contributed by atoms with Gasteiger partial charge in [-0.15, -0.1) is 0 Å². The van der Waals surface area contributed by atoms with Gasteiger partial charge in [0.05, 0.1) is 10.9 Å². The van der Waals surface area contributed by atoms with Crippen molar-refractivity contribution >= 4 is 38.5 Å². The lowest BCUT2D eigenvalue weighted by atomic mass is 9.93. The predicted octanol–water partition coefficient (Wildman–Crippen LogP) is 2.45. The van der Waals surface area contributed by atoms with Gasteiger partial charge in [-0.3, -0.25) is 14.7 Å². The van der Waals surface area contributed by atoms with Crippen LogP contribution in [0.3, 0.4) is 0 Å². The molecule has 0 bridgehead atoms. The van der Waals surface area contributed by atoms with E-state index in [1.807, 2.05) is 0 Å². The average Bonchev–Trinajstić information content (AvgIpc) is 3.01. The zero-order chi connectivity index (χ0) is 17.9. The van der Waals surface area contributed by atoms with Crippen LogP contribution in [0, 0.1) is 5.82 Å². The van der Waals surface area contributed by atoms with Crippen LogP contribution in [0.1, 0.15) is 19.7 Å². The van der Waals surface area contributed by atoms with E-state index in [1.54, 1.807) is 0 Å². The molecule has 2 aromatic heterocycles. The van der Waals surface area contributed by atoms with E-state index in [4.69, 9.17) is 0 Å². The van der Waals surface area contributed by atoms with Gasteiger partial charge in [0.2, 0.25) is 0 Å². The molecule has 126 valence electrons. The zero-order valence-electron chi connectivity index (χ0n) is 13.3. The SMILES string of the molecule is CC(C)(C(=O)O)c1nc2c3ccc(F)cc3c3c(=O)[nH][nH]cc3c2n1. The smallest absolute Gasteiger partial charge is 0.316 e. The number of hydrogen-bond acceptors (Lipinski definition) is 4. The van der Waals surface area contributed by atoms with E-state index in [0.717, 1.165) is 0 Å². The van der Waals surface area contributed by atoms with E-state index in [0.29, 0.717) is 27.2 Å². The van der Waals surface area contributed by atoms with Gasteiger partial charge >= 0.3 is 5.97 Å². The summed E-state index contributed by atoms with van der Waals surface area (Å²) in [5.41, 5.74) is -0.883. The molecule has 0 spiro atoms. The van der Waals surface area contributed by atoms with Crippen LogP contribution in [0.5, 0.6) is 0 Å². The Morgan fingerprint density at radius 1 is 1.16 bits per heavy atom. The van der Waals surface area contributed by atoms with Gasteiger partial charge in [0.15, 0.2) is 0 Å². The highest BCUT2D eigenvalue weighted by Crippen LogP contribution is 2.34. The Balaban J connectivity index is 2.27. The Morgan fingerprint density at radius 2 is 1.84 bits per heavy atom. The van der Waals surface area contributed by atoms with Gasteiger partial charge < -0.3 is 10.2 Å². The lowest BCUT2D eigenvalue weighted by Crippen LogP contribution is -2.29. The Labute approximate surface area is 139 Å². The van der Waals surface area contributed by atoms with Gasteiger partial charge in [0.25, 0.3) is 5.56 Å². The summed E-state index contributed by atoms with van der Waals surface area (Å²) in [5.74, 6) is -1.41. The number of aromatic amines is 2. The lowest BCUT2D eigenvalue weighted by molar-refractivity contribution is -0.142. The van der Waals surface area contributed by atoms with E-state index in [-0.39, 0.29) is 11.2 Å². The molecular formula is C17H13FN4O3. The van der Waals surface area contributed by atoms with E-state index >= 15 is 0 Å². The Kier molecular flexibility index (Phi) is 2.96. The third-order valence-electron chi connectivity index (χ3n) is 4.41. The summed E-state index contributed by atoms with van der Waals surface area (Å²) in [6.07, 6.45) is 1.54. The van der Waals surface area contributed by atoms with Crippen molar-refractivity contribution in [1.29, 1.82) is 0 Å². The molecule has 0 atom stereocenters. The number of aromatic nitrogens is 4. The minimum Gasteiger partial charge on any atom is -0.481 e. The van der Waals surface area contributed by atoms with Crippen molar-refractivity contribution in [2.24, 2.45) is 0 Å². The molecule has 8 heteroatoms. The fourth-order valence-corrected chi connectivity index (χ4v) is 2.91. The van der Waals surface area contributed by atoms with Crippen LogP contribution in [0.25, 0.3) is 32.6 Å². The first-order chi connectivity index (χ1) is 11.8. The first-order valence-corrected chi connectivity index (χ1v) is 7.53. The van der Waals surface area contributed by atoms with Crippen molar-refractivity contribution in [3.63, 3.8) is 0 Å². The van der Waals surface area contributed by atoms with Crippen LogP contribution in [0.4, 0.5) is 4.39 Å². The van der Waals surface area contributed by atoms with Crippen LogP contribution in [-0.4, -0.2) is 31.2 Å². The number of nitrogens with zero attached hydrogens (tertiary/aromatic N) is 2. The van der Waals surface area contributed by atoms with Gasteiger partial charge in [-0.25, -0.2) is 14.4 Å². The standard InChI is InChI=1S/C17H13FN4O3/c1-17(2,16(24)25)15-20-12-8-4-3-7(18)5-9(8)11-10(13(12)21-15)6-19-22-14(11)23/h3-6,19H,1-2H3,(H,22,23)(H,24,25). The van der Waals surface area contributed by atoms with Crippen molar-refractivity contribution < 1.29 is 14.3 Å². The van der Waals surface area contributed by atoms with E-state index in [9.17, 15) is 19.1 Å². The molecule has 0 unspecified atom stereocenters. The molecule has 0 saturated heterocycles. The Hall–Kier alpha value is -3.29. The third-order valence-corrected chi connectivity index (χ3v) is 4.41. The molecule has 2 heterocycles. The van der Waals surface area contributed by atoms with Gasteiger partial charge in [-0.1, -0.05) is 0 Å².